The summed E-state index contributed by atoms with van der Waals surface area (Å²) in [5, 5.41) is 15.6. The number of benzene rings is 1. The van der Waals surface area contributed by atoms with Gasteiger partial charge in [-0.15, -0.1) is 0 Å². The van der Waals surface area contributed by atoms with Gasteiger partial charge in [0.25, 0.3) is 0 Å². The summed E-state index contributed by atoms with van der Waals surface area (Å²) in [6.07, 6.45) is 2.20. The van der Waals surface area contributed by atoms with Gasteiger partial charge in [-0.1, -0.05) is 13.8 Å². The maximum Gasteiger partial charge on any atom is 0.240 e. The van der Waals surface area contributed by atoms with Crippen molar-refractivity contribution in [2.24, 2.45) is 0 Å². The Balaban J connectivity index is 2.05. The number of nitrogens with one attached hydrogen (secondary N) is 3. The van der Waals surface area contributed by atoms with Crippen LogP contribution in [0, 0.1) is 11.3 Å². The molecule has 2 aromatic rings. The average molecular weight is 446 g/mol. The molecule has 0 atom stereocenters. The molecule has 9 nitrogen and oxygen atoms in total. The van der Waals surface area contributed by atoms with Crippen LogP contribution in [0.3, 0.4) is 0 Å². The molecular formula is C21H31N7O2S. The second kappa shape index (κ2) is 11.6. The Hall–Kier alpha value is -2.74. The second-order valence-corrected chi connectivity index (χ2v) is 8.99. The minimum Gasteiger partial charge on any atom is -0.356 e. The molecule has 0 spiro atoms. The van der Waals surface area contributed by atoms with E-state index < -0.39 is 10.0 Å². The number of sulfonamides is 1. The summed E-state index contributed by atoms with van der Waals surface area (Å²) in [5.41, 5.74) is 1.06. The smallest absolute Gasteiger partial charge is 0.240 e. The van der Waals surface area contributed by atoms with Crippen molar-refractivity contribution in [3.8, 4) is 6.07 Å². The summed E-state index contributed by atoms with van der Waals surface area (Å²) < 4.78 is 27.5. The van der Waals surface area contributed by atoms with Crippen molar-refractivity contribution in [3.05, 3.63) is 36.0 Å². The third kappa shape index (κ3) is 7.17. The van der Waals surface area contributed by atoms with Gasteiger partial charge in [0.2, 0.25) is 16.0 Å². The van der Waals surface area contributed by atoms with E-state index >= 15 is 0 Å². The highest BCUT2D eigenvalue weighted by atomic mass is 32.2. The van der Waals surface area contributed by atoms with Crippen molar-refractivity contribution in [2.45, 2.75) is 45.1 Å². The topological polar surface area (TPSA) is 123 Å². The van der Waals surface area contributed by atoms with Crippen LogP contribution in [0.2, 0.25) is 0 Å². The maximum atomic E-state index is 12.4. The van der Waals surface area contributed by atoms with Crippen molar-refractivity contribution < 1.29 is 8.42 Å². The van der Waals surface area contributed by atoms with E-state index in [4.69, 9.17) is 0 Å². The van der Waals surface area contributed by atoms with Crippen molar-refractivity contribution >= 4 is 27.5 Å². The standard InChI is InChI=1S/C21H31N7O2S/c1-5-28(6-2)20-17(14-22)15-24-21(27-20)26-18-8-10-19(11-9-18)31(29,30)25-13-7-12-23-16(3)4/h8-11,15-16,23,25H,5-7,12-13H2,1-4H3,(H,24,26,27). The van der Waals surface area contributed by atoms with Gasteiger partial charge < -0.3 is 15.5 Å². The van der Waals surface area contributed by atoms with Gasteiger partial charge in [-0.05, 0) is 51.1 Å². The Morgan fingerprint density at radius 1 is 1.13 bits per heavy atom. The summed E-state index contributed by atoms with van der Waals surface area (Å²) in [4.78, 5) is 10.8. The normalized spacial score (nSPS) is 11.4. The molecule has 10 heteroatoms. The van der Waals surface area contributed by atoms with Gasteiger partial charge >= 0.3 is 0 Å². The molecule has 168 valence electrons. The maximum absolute atomic E-state index is 12.4. The highest BCUT2D eigenvalue weighted by molar-refractivity contribution is 7.89. The lowest BCUT2D eigenvalue weighted by molar-refractivity contribution is 0.554. The van der Waals surface area contributed by atoms with Crippen LogP contribution in [0.15, 0.2) is 35.4 Å². The van der Waals surface area contributed by atoms with Crippen LogP contribution in [0.5, 0.6) is 0 Å². The van der Waals surface area contributed by atoms with Crippen LogP contribution < -0.4 is 20.3 Å². The van der Waals surface area contributed by atoms with Crippen LogP contribution in [0.25, 0.3) is 0 Å². The molecule has 2 rings (SSSR count). The molecule has 31 heavy (non-hydrogen) atoms. The van der Waals surface area contributed by atoms with Crippen LogP contribution in [-0.2, 0) is 10.0 Å². The van der Waals surface area contributed by atoms with E-state index in [0.29, 0.717) is 55.1 Å². The largest absolute Gasteiger partial charge is 0.356 e. The van der Waals surface area contributed by atoms with Gasteiger partial charge in [-0.2, -0.15) is 10.2 Å². The van der Waals surface area contributed by atoms with Crippen molar-refractivity contribution in [1.29, 1.82) is 5.26 Å². The second-order valence-electron chi connectivity index (χ2n) is 7.22. The van der Waals surface area contributed by atoms with Crippen LogP contribution >= 0.6 is 0 Å². The van der Waals surface area contributed by atoms with E-state index in [9.17, 15) is 13.7 Å². The number of nitriles is 1. The number of hydrogen-bond acceptors (Lipinski definition) is 8. The van der Waals surface area contributed by atoms with Gasteiger partial charge in [0.15, 0.2) is 5.82 Å². The molecule has 0 bridgehead atoms. The molecule has 0 aliphatic carbocycles. The zero-order chi connectivity index (χ0) is 22.9. The Bertz CT molecular complexity index is 982. The van der Waals surface area contributed by atoms with Gasteiger partial charge in [0, 0.05) is 31.4 Å². The van der Waals surface area contributed by atoms with E-state index in [2.05, 4.69) is 31.4 Å². The highest BCUT2D eigenvalue weighted by Crippen LogP contribution is 2.21. The van der Waals surface area contributed by atoms with E-state index in [1.807, 2.05) is 32.6 Å². The summed E-state index contributed by atoms with van der Waals surface area (Å²) in [6.45, 7) is 10.6. The molecule has 0 aliphatic heterocycles. The van der Waals surface area contributed by atoms with Gasteiger partial charge in [0.05, 0.1) is 11.1 Å². The molecular weight excluding hydrogens is 414 g/mol. The predicted octanol–water partition coefficient (Wildman–Crippen LogP) is 2.60. The Kier molecular flexibility index (Phi) is 9.18. The quantitative estimate of drug-likeness (QED) is 0.426. The van der Waals surface area contributed by atoms with E-state index in [-0.39, 0.29) is 4.90 Å². The Labute approximate surface area is 185 Å². The molecule has 1 heterocycles. The lowest BCUT2D eigenvalue weighted by Gasteiger charge is -2.21. The number of nitrogens with zero attached hydrogens (tertiary/aromatic N) is 4. The number of hydrogen-bond donors (Lipinski definition) is 3. The third-order valence-electron chi connectivity index (χ3n) is 4.57. The third-order valence-corrected chi connectivity index (χ3v) is 6.05. The number of aromatic nitrogens is 2. The number of rotatable bonds is 12. The molecule has 0 amide bonds. The fourth-order valence-electron chi connectivity index (χ4n) is 2.89. The van der Waals surface area contributed by atoms with Crippen LogP contribution in [0.1, 0.15) is 39.7 Å². The first-order chi connectivity index (χ1) is 14.8. The summed E-state index contributed by atoms with van der Waals surface area (Å²) in [7, 11) is -3.56. The van der Waals surface area contributed by atoms with E-state index in [1.54, 1.807) is 12.1 Å². The summed E-state index contributed by atoms with van der Waals surface area (Å²) >= 11 is 0. The van der Waals surface area contributed by atoms with E-state index in [0.717, 1.165) is 6.54 Å². The zero-order valence-corrected chi connectivity index (χ0v) is 19.3. The van der Waals surface area contributed by atoms with Crippen molar-refractivity contribution in [1.82, 2.24) is 20.0 Å². The fourth-order valence-corrected chi connectivity index (χ4v) is 3.97. The first kappa shape index (κ1) is 24.5. The minimum atomic E-state index is -3.56. The lowest BCUT2D eigenvalue weighted by Crippen LogP contribution is -2.29. The van der Waals surface area contributed by atoms with Crippen LogP contribution in [0.4, 0.5) is 17.5 Å². The van der Waals surface area contributed by atoms with Crippen molar-refractivity contribution in [2.75, 3.05) is 36.4 Å². The Morgan fingerprint density at radius 3 is 2.39 bits per heavy atom. The first-order valence-electron chi connectivity index (χ1n) is 10.4. The van der Waals surface area contributed by atoms with Gasteiger partial charge in [0.1, 0.15) is 11.6 Å². The molecule has 0 radical (unpaired) electrons. The lowest BCUT2D eigenvalue weighted by atomic mass is 10.3. The predicted molar refractivity (Wildman–Crippen MR) is 123 cm³/mol. The first-order valence-corrected chi connectivity index (χ1v) is 11.9. The molecule has 1 aromatic carbocycles. The Morgan fingerprint density at radius 2 is 1.81 bits per heavy atom. The zero-order valence-electron chi connectivity index (χ0n) is 18.5. The van der Waals surface area contributed by atoms with Crippen molar-refractivity contribution in [3.63, 3.8) is 0 Å². The monoisotopic (exact) mass is 445 g/mol. The van der Waals surface area contributed by atoms with E-state index in [1.165, 1.54) is 18.3 Å². The molecule has 3 N–H and O–H groups in total. The molecule has 0 unspecified atom stereocenters. The SMILES string of the molecule is CCN(CC)c1nc(Nc2ccc(S(=O)(=O)NCCCNC(C)C)cc2)ncc1C#N. The highest BCUT2D eigenvalue weighted by Gasteiger charge is 2.15. The average Bonchev–Trinajstić information content (AvgIpc) is 2.75. The molecule has 0 aliphatic rings. The molecule has 0 fully saturated rings. The molecule has 0 saturated carbocycles. The minimum absolute atomic E-state index is 0.194. The molecule has 1 aromatic heterocycles. The van der Waals surface area contributed by atoms with Gasteiger partial charge in [-0.3, -0.25) is 0 Å². The fraction of sp³-hybridized carbons (Fsp3) is 0.476. The number of anilines is 3. The molecule has 0 saturated heterocycles. The summed E-state index contributed by atoms with van der Waals surface area (Å²) in [5.74, 6) is 0.910. The van der Waals surface area contributed by atoms with Crippen LogP contribution in [-0.4, -0.2) is 50.6 Å². The van der Waals surface area contributed by atoms with Gasteiger partial charge in [-0.25, -0.2) is 18.1 Å². The summed E-state index contributed by atoms with van der Waals surface area (Å²) in [6, 6.07) is 8.88.